The van der Waals surface area contributed by atoms with Crippen LogP contribution in [0.5, 0.6) is 0 Å². The minimum atomic E-state index is 1.11. The molecule has 0 N–H and O–H groups in total. The van der Waals surface area contributed by atoms with Crippen molar-refractivity contribution in [3.63, 3.8) is 0 Å². The van der Waals surface area contributed by atoms with Crippen LogP contribution in [0.2, 0.25) is 0 Å². The number of para-hydroxylation sites is 1. The number of hydrogen-bond donors (Lipinski definition) is 0. The average molecular weight is 674 g/mol. The van der Waals surface area contributed by atoms with E-state index in [1.165, 1.54) is 76.5 Å². The lowest BCUT2D eigenvalue weighted by Gasteiger charge is -2.30. The van der Waals surface area contributed by atoms with E-state index in [9.17, 15) is 0 Å². The fourth-order valence-corrected chi connectivity index (χ4v) is 8.17. The van der Waals surface area contributed by atoms with E-state index >= 15 is 0 Å². The number of hydrogen-bond acceptors (Lipinski definition) is 1. The molecule has 0 radical (unpaired) electrons. The Bertz CT molecular complexity index is 2930. The first kappa shape index (κ1) is 30.8. The maximum absolute atomic E-state index is 2.44. The molecule has 10 rings (SSSR count). The molecule has 248 valence electrons. The number of fused-ring (bicyclic) bond motifs is 6. The zero-order valence-corrected chi connectivity index (χ0v) is 29.2. The fraction of sp³-hybridized carbons (Fsp3) is 0. The Hall–Kier alpha value is -6.96. The highest BCUT2D eigenvalue weighted by molar-refractivity contribution is 6.22. The monoisotopic (exact) mass is 673 g/mol. The molecule has 0 bridgehead atoms. The number of rotatable bonds is 6. The van der Waals surface area contributed by atoms with Crippen LogP contribution >= 0.6 is 0 Å². The molecule has 53 heavy (non-hydrogen) atoms. The van der Waals surface area contributed by atoms with Crippen molar-refractivity contribution in [2.75, 3.05) is 4.90 Å². The van der Waals surface area contributed by atoms with E-state index in [-0.39, 0.29) is 0 Å². The smallest absolute Gasteiger partial charge is 0.0540 e. The summed E-state index contributed by atoms with van der Waals surface area (Å²) in [5.74, 6) is 0. The maximum Gasteiger partial charge on any atom is 0.0540 e. The molecule has 10 aromatic carbocycles. The van der Waals surface area contributed by atoms with Crippen molar-refractivity contribution in [1.82, 2.24) is 0 Å². The lowest BCUT2D eigenvalue weighted by atomic mass is 9.88. The van der Waals surface area contributed by atoms with Crippen molar-refractivity contribution in [3.8, 4) is 33.4 Å². The minimum Gasteiger partial charge on any atom is -0.309 e. The van der Waals surface area contributed by atoms with E-state index in [0.717, 1.165) is 17.1 Å². The zero-order valence-electron chi connectivity index (χ0n) is 29.2. The van der Waals surface area contributed by atoms with Gasteiger partial charge in [0.05, 0.1) is 11.4 Å². The third-order valence-corrected chi connectivity index (χ3v) is 10.7. The van der Waals surface area contributed by atoms with Crippen LogP contribution in [0.4, 0.5) is 17.1 Å². The summed E-state index contributed by atoms with van der Waals surface area (Å²) in [5.41, 5.74) is 10.6. The van der Waals surface area contributed by atoms with Gasteiger partial charge < -0.3 is 4.90 Å². The Morgan fingerprint density at radius 3 is 1.55 bits per heavy atom. The number of anilines is 3. The topological polar surface area (TPSA) is 3.24 Å². The lowest BCUT2D eigenvalue weighted by Crippen LogP contribution is -2.12. The first-order chi connectivity index (χ1) is 26.3. The van der Waals surface area contributed by atoms with Gasteiger partial charge >= 0.3 is 0 Å². The third kappa shape index (κ3) is 5.34. The van der Waals surface area contributed by atoms with Crippen LogP contribution in [0, 0.1) is 0 Å². The first-order valence-corrected chi connectivity index (χ1v) is 18.3. The van der Waals surface area contributed by atoms with Gasteiger partial charge in [-0.2, -0.15) is 0 Å². The van der Waals surface area contributed by atoms with Gasteiger partial charge in [-0.1, -0.05) is 182 Å². The summed E-state index contributed by atoms with van der Waals surface area (Å²) in [4.78, 5) is 2.44. The van der Waals surface area contributed by atoms with Crippen molar-refractivity contribution in [1.29, 1.82) is 0 Å². The van der Waals surface area contributed by atoms with Crippen LogP contribution in [0.15, 0.2) is 212 Å². The van der Waals surface area contributed by atoms with Crippen molar-refractivity contribution >= 4 is 60.2 Å². The molecule has 0 aromatic heterocycles. The molecule has 0 aliphatic heterocycles. The second-order valence-electron chi connectivity index (χ2n) is 13.7. The van der Waals surface area contributed by atoms with E-state index in [1.54, 1.807) is 0 Å². The molecule has 0 fully saturated rings. The number of nitrogens with zero attached hydrogens (tertiary/aromatic N) is 1. The van der Waals surface area contributed by atoms with Crippen LogP contribution in [0.3, 0.4) is 0 Å². The summed E-state index contributed by atoms with van der Waals surface area (Å²) >= 11 is 0. The molecule has 0 aliphatic rings. The highest BCUT2D eigenvalue weighted by Crippen LogP contribution is 2.47. The van der Waals surface area contributed by atoms with E-state index in [1.807, 2.05) is 0 Å². The minimum absolute atomic E-state index is 1.11. The Labute approximate surface area is 309 Å². The van der Waals surface area contributed by atoms with E-state index < -0.39 is 0 Å². The van der Waals surface area contributed by atoms with Gasteiger partial charge in [0.25, 0.3) is 0 Å². The van der Waals surface area contributed by atoms with Crippen molar-refractivity contribution in [2.45, 2.75) is 0 Å². The van der Waals surface area contributed by atoms with Crippen molar-refractivity contribution in [2.24, 2.45) is 0 Å². The highest BCUT2D eigenvalue weighted by Gasteiger charge is 2.21. The molecular formula is C52H35N. The highest BCUT2D eigenvalue weighted by atomic mass is 15.1. The van der Waals surface area contributed by atoms with Crippen molar-refractivity contribution in [3.05, 3.63) is 212 Å². The maximum atomic E-state index is 2.44. The summed E-state index contributed by atoms with van der Waals surface area (Å²) in [7, 11) is 0. The largest absolute Gasteiger partial charge is 0.309 e. The van der Waals surface area contributed by atoms with E-state index in [4.69, 9.17) is 0 Å². The van der Waals surface area contributed by atoms with Crippen molar-refractivity contribution < 1.29 is 0 Å². The molecule has 0 aliphatic carbocycles. The molecule has 0 spiro atoms. The molecule has 1 heteroatoms. The Morgan fingerprint density at radius 2 is 0.792 bits per heavy atom. The Balaban J connectivity index is 1.23. The third-order valence-electron chi connectivity index (χ3n) is 10.7. The van der Waals surface area contributed by atoms with Gasteiger partial charge in [-0.05, 0) is 95.9 Å². The standard InChI is InChI=1S/C52H35N/c1-3-15-36(16-4-1)37-27-30-40(31-28-37)53(51-26-14-13-21-42(51)38-17-5-2-6-18-38)52-34-33-47(44-23-11-12-25-48(44)52)50-35-49-41-20-8-7-19-39(41)29-32-46(49)43-22-9-10-24-45(43)50/h1-35H. The average Bonchev–Trinajstić information content (AvgIpc) is 3.24. The van der Waals surface area contributed by atoms with Crippen LogP contribution in [-0.2, 0) is 0 Å². The molecule has 10 aromatic rings. The summed E-state index contributed by atoms with van der Waals surface area (Å²) in [6, 6.07) is 77.2. The predicted molar refractivity (Wildman–Crippen MR) is 227 cm³/mol. The van der Waals surface area contributed by atoms with Crippen LogP contribution < -0.4 is 4.90 Å². The van der Waals surface area contributed by atoms with Gasteiger partial charge in [0, 0.05) is 16.6 Å². The molecule has 0 amide bonds. The molecule has 0 saturated carbocycles. The summed E-state index contributed by atoms with van der Waals surface area (Å²) in [5, 5.41) is 10.0. The quantitative estimate of drug-likeness (QED) is 0.159. The molecule has 1 nitrogen and oxygen atoms in total. The molecule has 0 unspecified atom stereocenters. The van der Waals surface area contributed by atoms with Gasteiger partial charge in [-0.25, -0.2) is 0 Å². The van der Waals surface area contributed by atoms with Gasteiger partial charge in [-0.3, -0.25) is 0 Å². The van der Waals surface area contributed by atoms with Crippen LogP contribution in [-0.4, -0.2) is 0 Å². The first-order valence-electron chi connectivity index (χ1n) is 18.3. The summed E-state index contributed by atoms with van der Waals surface area (Å²) < 4.78 is 0. The summed E-state index contributed by atoms with van der Waals surface area (Å²) in [6.07, 6.45) is 0. The zero-order chi connectivity index (χ0) is 35.1. The number of benzene rings is 10. The fourth-order valence-electron chi connectivity index (χ4n) is 8.17. The van der Waals surface area contributed by atoms with E-state index in [0.29, 0.717) is 0 Å². The molecule has 0 atom stereocenters. The van der Waals surface area contributed by atoms with Gasteiger partial charge in [0.1, 0.15) is 0 Å². The molecule has 0 saturated heterocycles. The van der Waals surface area contributed by atoms with Gasteiger partial charge in [0.15, 0.2) is 0 Å². The predicted octanol–water partition coefficient (Wildman–Crippen LogP) is 14.8. The Morgan fingerprint density at radius 1 is 0.245 bits per heavy atom. The second-order valence-corrected chi connectivity index (χ2v) is 13.7. The molecule has 0 heterocycles. The van der Waals surface area contributed by atoms with Gasteiger partial charge in [-0.15, -0.1) is 0 Å². The summed E-state index contributed by atoms with van der Waals surface area (Å²) in [6.45, 7) is 0. The Kier molecular flexibility index (Phi) is 7.55. The van der Waals surface area contributed by atoms with Gasteiger partial charge in [0.2, 0.25) is 0 Å². The van der Waals surface area contributed by atoms with Crippen LogP contribution in [0.25, 0.3) is 76.5 Å². The molecular weight excluding hydrogens is 639 g/mol. The van der Waals surface area contributed by atoms with Crippen LogP contribution in [0.1, 0.15) is 0 Å². The van der Waals surface area contributed by atoms with E-state index in [2.05, 4.69) is 217 Å². The SMILES string of the molecule is c1ccc(-c2ccc(N(c3ccccc3-c3ccccc3)c3ccc(-c4cc5c6ccccc6ccc5c5ccccc45)c4ccccc34)cc2)cc1. The lowest BCUT2D eigenvalue weighted by molar-refractivity contribution is 1.30. The second kappa shape index (κ2) is 13.0. The normalized spacial score (nSPS) is 11.4.